The third-order valence-electron chi connectivity index (χ3n) is 8.20. The molecule has 0 aliphatic heterocycles. The van der Waals surface area contributed by atoms with Crippen LogP contribution in [0, 0.1) is 0 Å². The van der Waals surface area contributed by atoms with E-state index in [2.05, 4.69) is 0 Å². The number of rotatable bonds is 8. The zero-order valence-corrected chi connectivity index (χ0v) is 28.2. The van der Waals surface area contributed by atoms with Crippen molar-refractivity contribution in [3.63, 3.8) is 0 Å². The Labute approximate surface area is 313 Å². The minimum absolute atomic E-state index is 0.153. The second kappa shape index (κ2) is 15.3. The molecule has 0 spiro atoms. The average molecular weight is 765 g/mol. The van der Waals surface area contributed by atoms with Gasteiger partial charge in [-0.2, -0.15) is 0 Å². The van der Waals surface area contributed by atoms with Crippen molar-refractivity contribution < 1.29 is 80.5 Å². The molecule has 12 N–H and O–H groups in total. The molecule has 0 unspecified atom stereocenters. The molecule has 0 aliphatic carbocycles. The predicted molar refractivity (Wildman–Crippen MR) is 192 cm³/mol. The monoisotopic (exact) mass is 764 g/mol. The van der Waals surface area contributed by atoms with E-state index in [0.717, 1.165) is 48.5 Å². The Morgan fingerprint density at radius 3 is 0.839 bits per heavy atom. The lowest BCUT2D eigenvalue weighted by atomic mass is 9.92. The number of phenolic OH excluding ortho intramolecular Hbond substituents is 12. The molecule has 0 heterocycles. The van der Waals surface area contributed by atoms with Gasteiger partial charge in [0.15, 0.2) is 34.6 Å². The third-order valence-corrected chi connectivity index (χ3v) is 8.20. The number of carbonyl (C=O) groups excluding carboxylic acids is 4. The maximum Gasteiger partial charge on any atom is 0.201 e. The smallest absolute Gasteiger partial charge is 0.201 e. The van der Waals surface area contributed by atoms with Crippen LogP contribution in [0.15, 0.2) is 97.1 Å². The fraction of sp³-hybridized carbons (Fsp3) is 0. The molecule has 6 aromatic rings. The van der Waals surface area contributed by atoms with Gasteiger partial charge in [-0.3, -0.25) is 19.2 Å². The van der Waals surface area contributed by atoms with Gasteiger partial charge in [-0.05, 0) is 24.3 Å². The van der Waals surface area contributed by atoms with E-state index in [9.17, 15) is 80.5 Å². The fourth-order valence-electron chi connectivity index (χ4n) is 5.48. The lowest BCUT2D eigenvalue weighted by Gasteiger charge is -2.12. The number of hydrogen-bond acceptors (Lipinski definition) is 16. The lowest BCUT2D eigenvalue weighted by Crippen LogP contribution is -2.12. The van der Waals surface area contributed by atoms with Crippen LogP contribution >= 0.6 is 0 Å². The topological polar surface area (TPSA) is 311 Å². The Morgan fingerprint density at radius 2 is 0.554 bits per heavy atom. The van der Waals surface area contributed by atoms with E-state index >= 15 is 0 Å². The summed E-state index contributed by atoms with van der Waals surface area (Å²) in [6.45, 7) is 0. The Morgan fingerprint density at radius 1 is 0.286 bits per heavy atom. The highest BCUT2D eigenvalue weighted by atomic mass is 16.3. The molecule has 0 radical (unpaired) electrons. The molecule has 0 aromatic heterocycles. The summed E-state index contributed by atoms with van der Waals surface area (Å²) >= 11 is 0. The molecular formula is C40H28O16. The molecule has 0 saturated carbocycles. The first-order valence-electron chi connectivity index (χ1n) is 15.8. The van der Waals surface area contributed by atoms with Crippen molar-refractivity contribution >= 4 is 23.1 Å². The second-order valence-corrected chi connectivity index (χ2v) is 11.8. The minimum Gasteiger partial charge on any atom is -0.508 e. The molecule has 16 nitrogen and oxygen atoms in total. The second-order valence-electron chi connectivity index (χ2n) is 11.8. The van der Waals surface area contributed by atoms with E-state index < -0.39 is 103 Å². The number of benzene rings is 6. The van der Waals surface area contributed by atoms with Crippen molar-refractivity contribution in [3.05, 3.63) is 142 Å². The maximum absolute atomic E-state index is 12.9. The van der Waals surface area contributed by atoms with Crippen LogP contribution in [0.4, 0.5) is 0 Å². The first-order valence-corrected chi connectivity index (χ1v) is 15.8. The van der Waals surface area contributed by atoms with Gasteiger partial charge in [0.2, 0.25) is 23.1 Å². The summed E-state index contributed by atoms with van der Waals surface area (Å²) in [4.78, 5) is 51.4. The van der Waals surface area contributed by atoms with E-state index in [0.29, 0.717) is 0 Å². The molecule has 284 valence electrons. The number of ketones is 4. The van der Waals surface area contributed by atoms with Gasteiger partial charge in [0.1, 0.15) is 45.6 Å². The van der Waals surface area contributed by atoms with Crippen molar-refractivity contribution in [1.82, 2.24) is 0 Å². The number of hydrogen-bond donors (Lipinski definition) is 12. The zero-order chi connectivity index (χ0) is 41.2. The molecule has 16 heteroatoms. The fourth-order valence-corrected chi connectivity index (χ4v) is 5.48. The van der Waals surface area contributed by atoms with Crippen LogP contribution < -0.4 is 0 Å². The highest BCUT2D eigenvalue weighted by Crippen LogP contribution is 2.41. The van der Waals surface area contributed by atoms with Gasteiger partial charge >= 0.3 is 0 Å². The summed E-state index contributed by atoms with van der Waals surface area (Å²) in [5.74, 6) is -11.9. The number of carbonyl (C=O) groups is 4. The third kappa shape index (κ3) is 7.28. The molecule has 0 aliphatic rings. The molecule has 0 fully saturated rings. The first-order chi connectivity index (χ1) is 26.4. The normalized spacial score (nSPS) is 10.6. The highest BCUT2D eigenvalue weighted by Gasteiger charge is 2.28. The minimum atomic E-state index is -0.920. The first kappa shape index (κ1) is 38.8. The van der Waals surface area contributed by atoms with Gasteiger partial charge in [0.25, 0.3) is 0 Å². The summed E-state index contributed by atoms with van der Waals surface area (Å²) in [5.41, 5.74) is -2.53. The summed E-state index contributed by atoms with van der Waals surface area (Å²) in [6, 6.07) is 18.5. The van der Waals surface area contributed by atoms with E-state index in [1.165, 1.54) is 48.5 Å². The van der Waals surface area contributed by atoms with Gasteiger partial charge in [0, 0.05) is 46.5 Å². The lowest BCUT2D eigenvalue weighted by molar-refractivity contribution is 0.0997. The van der Waals surface area contributed by atoms with Crippen molar-refractivity contribution in [2.45, 2.75) is 0 Å². The van der Waals surface area contributed by atoms with Crippen LogP contribution in [-0.4, -0.2) is 84.4 Å². The maximum atomic E-state index is 12.9. The van der Waals surface area contributed by atoms with Gasteiger partial charge in [-0.25, -0.2) is 0 Å². The van der Waals surface area contributed by atoms with Gasteiger partial charge < -0.3 is 61.3 Å². The van der Waals surface area contributed by atoms with Crippen molar-refractivity contribution in [3.8, 4) is 69.0 Å². The summed E-state index contributed by atoms with van der Waals surface area (Å²) in [6.07, 6.45) is 0. The Bertz CT molecular complexity index is 2370. The SMILES string of the molecule is O=C(c1ccccc1C(=O)c1c(O)cc(O)cc1O)c1c(O)cc(O)cc1O.O=C(c1ccccc1C(=O)c1ccc(O)c(O)c1O)c1ccc(O)c(O)c1O. The van der Waals surface area contributed by atoms with Crippen molar-refractivity contribution in [2.75, 3.05) is 0 Å². The molecule has 6 aromatic carbocycles. The van der Waals surface area contributed by atoms with Gasteiger partial charge in [-0.1, -0.05) is 48.5 Å². The molecule has 0 atom stereocenters. The standard InChI is InChI=1S/2C20H14O8/c21-9-5-13(23)17(14(24)6-9)19(27)11-3-1-2-4-12(11)20(28)18-15(25)7-10(22)8-16(18)26;21-13-7-5-11(17(25)19(13)27)15(23)9-3-1-2-4-10(9)16(24)12-6-8-14(22)20(28)18(12)26/h1-8,21-26H;1-8,21-22,25-28H. The van der Waals surface area contributed by atoms with E-state index in [-0.39, 0.29) is 33.4 Å². The summed E-state index contributed by atoms with van der Waals surface area (Å²) < 4.78 is 0. The van der Waals surface area contributed by atoms with Crippen LogP contribution in [0.25, 0.3) is 0 Å². The Balaban J connectivity index is 0.000000214. The molecular weight excluding hydrogens is 736 g/mol. The molecule has 0 saturated heterocycles. The molecule has 6 rings (SSSR count). The van der Waals surface area contributed by atoms with Crippen molar-refractivity contribution in [1.29, 1.82) is 0 Å². The molecule has 0 bridgehead atoms. The van der Waals surface area contributed by atoms with Crippen LogP contribution in [-0.2, 0) is 0 Å². The summed E-state index contributed by atoms with van der Waals surface area (Å²) in [5, 5.41) is 116. The van der Waals surface area contributed by atoms with Gasteiger partial charge in [0.05, 0.1) is 11.1 Å². The predicted octanol–water partition coefficient (Wildman–Crippen LogP) is 4.76. The van der Waals surface area contributed by atoms with Crippen LogP contribution in [0.2, 0.25) is 0 Å². The van der Waals surface area contributed by atoms with Crippen molar-refractivity contribution in [2.24, 2.45) is 0 Å². The molecule has 56 heavy (non-hydrogen) atoms. The Kier molecular flexibility index (Phi) is 10.6. The quantitative estimate of drug-likeness (QED) is 0.0734. The summed E-state index contributed by atoms with van der Waals surface area (Å²) in [7, 11) is 0. The van der Waals surface area contributed by atoms with E-state index in [1.807, 2.05) is 0 Å². The number of phenols is 12. The van der Waals surface area contributed by atoms with Crippen LogP contribution in [0.3, 0.4) is 0 Å². The van der Waals surface area contributed by atoms with Crippen LogP contribution in [0.1, 0.15) is 63.7 Å². The van der Waals surface area contributed by atoms with Crippen LogP contribution in [0.5, 0.6) is 69.0 Å². The Hall–Kier alpha value is -8.40. The zero-order valence-electron chi connectivity index (χ0n) is 28.2. The molecule has 0 amide bonds. The number of aromatic hydroxyl groups is 12. The van der Waals surface area contributed by atoms with E-state index in [4.69, 9.17) is 0 Å². The van der Waals surface area contributed by atoms with Gasteiger partial charge in [-0.15, -0.1) is 0 Å². The highest BCUT2D eigenvalue weighted by molar-refractivity contribution is 6.23. The van der Waals surface area contributed by atoms with E-state index in [1.54, 1.807) is 0 Å². The largest absolute Gasteiger partial charge is 0.508 e. The average Bonchev–Trinajstić information content (AvgIpc) is 3.15.